The number of sulfonamides is 1. The molecule has 0 heterocycles. The van der Waals surface area contributed by atoms with Crippen molar-refractivity contribution in [3.05, 3.63) is 57.6 Å². The molecule has 12 heteroatoms. The molecule has 0 bridgehead atoms. The van der Waals surface area contributed by atoms with Crippen molar-refractivity contribution in [3.63, 3.8) is 0 Å². The van der Waals surface area contributed by atoms with Gasteiger partial charge in [-0.1, -0.05) is 70.3 Å². The number of amidine groups is 3. The van der Waals surface area contributed by atoms with Gasteiger partial charge in [0.15, 0.2) is 15.9 Å². The first-order valence-electron chi connectivity index (χ1n) is 11.7. The van der Waals surface area contributed by atoms with Gasteiger partial charge in [0.25, 0.3) is 10.0 Å². The first kappa shape index (κ1) is 39.1. The van der Waals surface area contributed by atoms with Crippen molar-refractivity contribution in [2.24, 2.45) is 26.4 Å². The normalized spacial score (nSPS) is 14.2. The number of aliphatic imine (C=N–C) groups is 3. The Morgan fingerprint density at radius 3 is 2.13 bits per heavy atom. The average molecular weight is 566 g/mol. The summed E-state index contributed by atoms with van der Waals surface area (Å²) in [6.45, 7) is 16.7. The van der Waals surface area contributed by atoms with Gasteiger partial charge in [-0.2, -0.15) is 4.31 Å². The van der Waals surface area contributed by atoms with Gasteiger partial charge in [0, 0.05) is 18.8 Å². The van der Waals surface area contributed by atoms with E-state index in [1.807, 2.05) is 39.0 Å². The highest BCUT2D eigenvalue weighted by atomic mass is 32.3. The minimum absolute atomic E-state index is 0.0110. The molecular weight excluding hydrogens is 522 g/mol. The molecule has 0 radical (unpaired) electrons. The Kier molecular flexibility index (Phi) is 23.4. The fourth-order valence-electron chi connectivity index (χ4n) is 2.32. The molecule has 0 aliphatic rings. The SMILES string of the molecule is C#C.C=C/C(=C\C=C/C)CN=C(N=C(N)C=N)C(N)=N/C(C)=C/S/C(=C(\C)O)S(=O)(=O)N(CC)CC.CC. The van der Waals surface area contributed by atoms with E-state index in [1.165, 1.54) is 16.6 Å². The summed E-state index contributed by atoms with van der Waals surface area (Å²) >= 11 is 0.816. The summed E-state index contributed by atoms with van der Waals surface area (Å²) in [6.07, 6.45) is 16.0. The number of hydrogen-bond donors (Lipinski definition) is 4. The number of terminal acetylenes is 1. The van der Waals surface area contributed by atoms with Gasteiger partial charge in [-0.3, -0.25) is 4.99 Å². The van der Waals surface area contributed by atoms with Gasteiger partial charge in [-0.15, -0.1) is 12.8 Å². The molecule has 0 amide bonds. The van der Waals surface area contributed by atoms with Crippen molar-refractivity contribution >= 4 is 45.5 Å². The maximum absolute atomic E-state index is 12.8. The number of rotatable bonds is 12. The smallest absolute Gasteiger partial charge is 0.252 e. The number of aliphatic hydroxyl groups excluding tert-OH is 1. The third-order valence-electron chi connectivity index (χ3n) is 4.00. The van der Waals surface area contributed by atoms with Crippen LogP contribution >= 0.6 is 11.8 Å². The number of hydrogen-bond acceptors (Lipinski definition) is 7. The molecule has 10 nitrogen and oxygen atoms in total. The second kappa shape index (κ2) is 22.8. The molecule has 0 fully saturated rings. The molecule has 0 aromatic carbocycles. The molecule has 0 spiro atoms. The second-order valence-corrected chi connectivity index (χ2v) is 9.64. The van der Waals surface area contributed by atoms with E-state index in [0.717, 1.165) is 23.5 Å². The van der Waals surface area contributed by atoms with Gasteiger partial charge in [-0.05, 0) is 31.8 Å². The zero-order valence-corrected chi connectivity index (χ0v) is 25.1. The molecular formula is C26H43N7O3S2. The number of nitrogens with one attached hydrogen (secondary N) is 1. The summed E-state index contributed by atoms with van der Waals surface area (Å²) < 4.78 is 26.6. The Hall–Kier alpha value is -3.40. The second-order valence-electron chi connectivity index (χ2n) is 6.63. The molecule has 0 aliphatic heterocycles. The Labute approximate surface area is 233 Å². The molecule has 0 atom stereocenters. The molecule has 0 aliphatic carbocycles. The van der Waals surface area contributed by atoms with Gasteiger partial charge in [0.2, 0.25) is 0 Å². The Bertz CT molecular complexity index is 1090. The van der Waals surface area contributed by atoms with E-state index < -0.39 is 10.0 Å². The highest BCUT2D eigenvalue weighted by Crippen LogP contribution is 2.29. The summed E-state index contributed by atoms with van der Waals surface area (Å²) in [6, 6.07) is 0. The van der Waals surface area contributed by atoms with Crippen LogP contribution in [0.4, 0.5) is 0 Å². The summed E-state index contributed by atoms with van der Waals surface area (Å²) in [7, 11) is -3.86. The predicted molar refractivity (Wildman–Crippen MR) is 167 cm³/mol. The van der Waals surface area contributed by atoms with Crippen molar-refractivity contribution in [1.82, 2.24) is 4.31 Å². The molecule has 0 unspecified atom stereocenters. The van der Waals surface area contributed by atoms with Crippen LogP contribution in [0.15, 0.2) is 72.5 Å². The lowest BCUT2D eigenvalue weighted by molar-refractivity contribution is 0.410. The first-order valence-corrected chi connectivity index (χ1v) is 14.0. The van der Waals surface area contributed by atoms with E-state index in [0.29, 0.717) is 5.70 Å². The zero-order chi connectivity index (χ0) is 30.3. The molecule has 0 rings (SSSR count). The Morgan fingerprint density at radius 1 is 1.16 bits per heavy atom. The van der Waals surface area contributed by atoms with Crippen LogP contribution in [0.1, 0.15) is 48.5 Å². The molecule has 0 aromatic rings. The van der Waals surface area contributed by atoms with Crippen LogP contribution < -0.4 is 11.5 Å². The lowest BCUT2D eigenvalue weighted by Gasteiger charge is -2.19. The highest BCUT2D eigenvalue weighted by Gasteiger charge is 2.26. The number of thioether (sulfide) groups is 1. The summed E-state index contributed by atoms with van der Waals surface area (Å²) in [5.41, 5.74) is 12.9. The predicted octanol–water partition coefficient (Wildman–Crippen LogP) is 4.73. The Morgan fingerprint density at radius 2 is 1.71 bits per heavy atom. The number of nitrogens with two attached hydrogens (primary N) is 2. The van der Waals surface area contributed by atoms with Gasteiger partial charge in [0.05, 0.1) is 12.8 Å². The summed E-state index contributed by atoms with van der Waals surface area (Å²) in [4.78, 5) is 12.6. The molecule has 0 saturated heterocycles. The van der Waals surface area contributed by atoms with Gasteiger partial charge < -0.3 is 22.0 Å². The fourth-order valence-corrected chi connectivity index (χ4v) is 5.05. The Balaban J connectivity index is -0.00000291. The minimum Gasteiger partial charge on any atom is -0.511 e. The standard InChI is InChI=1S/C22H35N7O3S2.C2H6.C2H2/c1-7-11-12-18(8-2)14-26-21(28-19(24)13-23)20(25)27-16(5)15-33-22(17(6)30)34(31,32)29(9-3)10-4;2*1-2/h7-8,11-13,15,23,30H,2,9-10,14H2,1,3-6H3,(H2,25,27)(H2,24,26,28);1-2H3;1-2H/b11-7-,16-15+,18-12+,22-17-,23-13?;;. The quantitative estimate of drug-likeness (QED) is 0.0876. The lowest BCUT2D eigenvalue weighted by Crippen LogP contribution is -2.31. The van der Waals surface area contributed by atoms with Gasteiger partial charge >= 0.3 is 0 Å². The van der Waals surface area contributed by atoms with Crippen LogP contribution in [0.2, 0.25) is 0 Å². The third-order valence-corrected chi connectivity index (χ3v) is 7.85. The zero-order valence-electron chi connectivity index (χ0n) is 23.5. The van der Waals surface area contributed by atoms with E-state index in [2.05, 4.69) is 34.4 Å². The van der Waals surface area contributed by atoms with Gasteiger partial charge in [0.1, 0.15) is 11.6 Å². The summed E-state index contributed by atoms with van der Waals surface area (Å²) in [5.74, 6) is -0.506. The molecule has 0 aromatic heterocycles. The molecule has 212 valence electrons. The molecule has 0 saturated carbocycles. The maximum Gasteiger partial charge on any atom is 0.252 e. The van der Waals surface area contributed by atoms with E-state index >= 15 is 0 Å². The van der Waals surface area contributed by atoms with E-state index in [4.69, 9.17) is 16.9 Å². The van der Waals surface area contributed by atoms with Crippen LogP contribution in [0.25, 0.3) is 0 Å². The lowest BCUT2D eigenvalue weighted by atomic mass is 10.2. The number of aliphatic hydroxyl groups is 1. The van der Waals surface area contributed by atoms with E-state index in [9.17, 15) is 13.5 Å². The first-order chi connectivity index (χ1) is 18.0. The van der Waals surface area contributed by atoms with Crippen LogP contribution in [0.5, 0.6) is 0 Å². The van der Waals surface area contributed by atoms with Crippen molar-refractivity contribution in [2.75, 3.05) is 19.6 Å². The van der Waals surface area contributed by atoms with Crippen LogP contribution in [0.3, 0.4) is 0 Å². The molecule has 6 N–H and O–H groups in total. The van der Waals surface area contributed by atoms with Crippen LogP contribution in [-0.2, 0) is 10.0 Å². The summed E-state index contributed by atoms with van der Waals surface area (Å²) in [5, 5.41) is 18.7. The molecule has 38 heavy (non-hydrogen) atoms. The van der Waals surface area contributed by atoms with Crippen molar-refractivity contribution in [3.8, 4) is 12.8 Å². The van der Waals surface area contributed by atoms with Crippen molar-refractivity contribution < 1.29 is 13.5 Å². The third kappa shape index (κ3) is 15.0. The van der Waals surface area contributed by atoms with Gasteiger partial charge in [-0.25, -0.2) is 18.4 Å². The maximum atomic E-state index is 12.8. The monoisotopic (exact) mass is 565 g/mol. The van der Waals surface area contributed by atoms with E-state index in [1.54, 1.807) is 26.8 Å². The number of allylic oxidation sites excluding steroid dienone is 5. The van der Waals surface area contributed by atoms with Crippen molar-refractivity contribution in [2.45, 2.75) is 48.5 Å². The van der Waals surface area contributed by atoms with E-state index in [-0.39, 0.29) is 47.1 Å². The van der Waals surface area contributed by atoms with Crippen molar-refractivity contribution in [1.29, 1.82) is 5.41 Å². The fraction of sp³-hybridized carbons (Fsp3) is 0.385. The minimum atomic E-state index is -3.86. The number of nitrogens with zero attached hydrogens (tertiary/aromatic N) is 4. The van der Waals surface area contributed by atoms with Crippen LogP contribution in [-0.4, -0.2) is 61.2 Å². The highest BCUT2D eigenvalue weighted by molar-refractivity contribution is 8.19. The largest absolute Gasteiger partial charge is 0.511 e. The average Bonchev–Trinajstić information content (AvgIpc) is 2.90. The topological polar surface area (TPSA) is 171 Å². The van der Waals surface area contributed by atoms with Crippen LogP contribution in [0, 0.1) is 18.3 Å².